The third-order valence-electron chi connectivity index (χ3n) is 2.26. The zero-order chi connectivity index (χ0) is 10.7. The van der Waals surface area contributed by atoms with Crippen molar-refractivity contribution in [2.45, 2.75) is 0 Å². The number of rotatable bonds is 2. The molecule has 0 bridgehead atoms. The van der Waals surface area contributed by atoms with Gasteiger partial charge in [0.25, 0.3) is 5.88 Å². The predicted molar refractivity (Wildman–Crippen MR) is 59.4 cm³/mol. The first-order valence-electron chi connectivity index (χ1n) is 4.69. The molecule has 0 aliphatic carbocycles. The van der Waals surface area contributed by atoms with Gasteiger partial charge in [-0.05, 0) is 0 Å². The van der Waals surface area contributed by atoms with Gasteiger partial charge in [0.15, 0.2) is 11.5 Å². The molecule has 1 aromatic heterocycles. The van der Waals surface area contributed by atoms with Gasteiger partial charge in [0.05, 0.1) is 20.3 Å². The van der Waals surface area contributed by atoms with Crippen molar-refractivity contribution < 1.29 is 9.47 Å². The molecule has 90 valence electrons. The van der Waals surface area contributed by atoms with Gasteiger partial charge in [-0.25, -0.2) is 0 Å². The van der Waals surface area contributed by atoms with Gasteiger partial charge in [0.1, 0.15) is 0 Å². The number of halogens is 1. The van der Waals surface area contributed by atoms with Crippen molar-refractivity contribution >= 4 is 18.2 Å². The second kappa shape index (κ2) is 5.66. The first kappa shape index (κ1) is 12.7. The van der Waals surface area contributed by atoms with Crippen LogP contribution in [0.5, 0.6) is 5.88 Å². The van der Waals surface area contributed by atoms with E-state index in [4.69, 9.17) is 14.9 Å². The van der Waals surface area contributed by atoms with Gasteiger partial charge >= 0.3 is 0 Å². The molecule has 0 aromatic carbocycles. The van der Waals surface area contributed by atoms with Crippen LogP contribution in [0.25, 0.3) is 0 Å². The van der Waals surface area contributed by atoms with Crippen molar-refractivity contribution in [1.29, 1.82) is 5.41 Å². The van der Waals surface area contributed by atoms with Crippen LogP contribution in [0.4, 0.5) is 0 Å². The molecule has 16 heavy (non-hydrogen) atoms. The summed E-state index contributed by atoms with van der Waals surface area (Å²) in [5, 5.41) is 18.1. The smallest absolute Gasteiger partial charge is 0.264 e. The number of nitrogens with zero attached hydrogens (tertiary/aromatic N) is 3. The van der Waals surface area contributed by atoms with Crippen molar-refractivity contribution in [3.8, 4) is 5.88 Å². The summed E-state index contributed by atoms with van der Waals surface area (Å²) in [5.74, 6) is 0.676. The number of nitrogens with one attached hydrogen (secondary N) is 2. The average Bonchev–Trinajstić information content (AvgIpc) is 2.77. The summed E-state index contributed by atoms with van der Waals surface area (Å²) in [5.41, 5.74) is 0.444. The van der Waals surface area contributed by atoms with Crippen LogP contribution in [0.1, 0.15) is 5.69 Å². The van der Waals surface area contributed by atoms with E-state index in [2.05, 4.69) is 15.4 Å². The maximum absolute atomic E-state index is 7.95. The van der Waals surface area contributed by atoms with Crippen molar-refractivity contribution in [3.05, 3.63) is 5.69 Å². The Balaban J connectivity index is 0.00000128. The minimum absolute atomic E-state index is 0. The summed E-state index contributed by atoms with van der Waals surface area (Å²) in [6, 6.07) is 0. The summed E-state index contributed by atoms with van der Waals surface area (Å²) < 4.78 is 10.2. The number of hydrogen-bond acceptors (Lipinski definition) is 5. The average molecular weight is 248 g/mol. The van der Waals surface area contributed by atoms with Crippen molar-refractivity contribution in [2.75, 3.05) is 33.4 Å². The molecule has 2 rings (SSSR count). The molecular weight excluding hydrogens is 234 g/mol. The van der Waals surface area contributed by atoms with Gasteiger partial charge in [-0.15, -0.1) is 22.6 Å². The van der Waals surface area contributed by atoms with E-state index in [9.17, 15) is 0 Å². The maximum Gasteiger partial charge on any atom is 0.264 e. The molecule has 7 nitrogen and oxygen atoms in total. The van der Waals surface area contributed by atoms with E-state index < -0.39 is 0 Å². The fraction of sp³-hybridized carbons (Fsp3) is 0.625. The Morgan fingerprint density at radius 3 is 2.75 bits per heavy atom. The molecule has 0 radical (unpaired) electrons. The Labute approximate surface area is 99.0 Å². The Kier molecular flexibility index (Phi) is 4.51. The lowest BCUT2D eigenvalue weighted by molar-refractivity contribution is 0.0678. The Morgan fingerprint density at radius 2 is 2.12 bits per heavy atom. The minimum atomic E-state index is 0. The quantitative estimate of drug-likeness (QED) is 0.563. The summed E-state index contributed by atoms with van der Waals surface area (Å²) in [6.45, 7) is 2.69. The topological polar surface area (TPSA) is 87.1 Å². The van der Waals surface area contributed by atoms with Crippen LogP contribution in [-0.2, 0) is 4.74 Å². The number of ether oxygens (including phenoxy) is 2. The molecule has 0 atom stereocenters. The first-order valence-corrected chi connectivity index (χ1v) is 4.69. The Morgan fingerprint density at radius 1 is 1.44 bits per heavy atom. The highest BCUT2D eigenvalue weighted by Crippen LogP contribution is 2.13. The fourth-order valence-electron chi connectivity index (χ4n) is 1.45. The van der Waals surface area contributed by atoms with E-state index in [1.165, 1.54) is 7.11 Å². The summed E-state index contributed by atoms with van der Waals surface area (Å²) in [7, 11) is 1.51. The van der Waals surface area contributed by atoms with Gasteiger partial charge in [-0.1, -0.05) is 0 Å². The van der Waals surface area contributed by atoms with Gasteiger partial charge < -0.3 is 14.4 Å². The number of methoxy groups -OCH3 is 1. The van der Waals surface area contributed by atoms with Crippen LogP contribution in [-0.4, -0.2) is 59.6 Å². The number of aromatic nitrogens is 3. The van der Waals surface area contributed by atoms with Crippen LogP contribution >= 0.6 is 12.4 Å². The fourth-order valence-corrected chi connectivity index (χ4v) is 1.45. The molecule has 1 fully saturated rings. The highest BCUT2D eigenvalue weighted by molar-refractivity contribution is 5.96. The second-order valence-corrected chi connectivity index (χ2v) is 3.13. The van der Waals surface area contributed by atoms with E-state index >= 15 is 0 Å². The minimum Gasteiger partial charge on any atom is -0.478 e. The number of H-pyrrole nitrogens is 1. The monoisotopic (exact) mass is 247 g/mol. The van der Waals surface area contributed by atoms with Crippen LogP contribution in [0.3, 0.4) is 0 Å². The van der Waals surface area contributed by atoms with Gasteiger partial charge in [-0.3, -0.25) is 5.41 Å². The number of aromatic amines is 1. The van der Waals surface area contributed by atoms with Crippen molar-refractivity contribution in [3.63, 3.8) is 0 Å². The molecule has 8 heteroatoms. The number of hydrogen-bond donors (Lipinski definition) is 2. The molecule has 1 saturated heterocycles. The molecule has 0 amide bonds. The highest BCUT2D eigenvalue weighted by Gasteiger charge is 2.21. The third kappa shape index (κ3) is 2.42. The zero-order valence-electron chi connectivity index (χ0n) is 8.89. The van der Waals surface area contributed by atoms with Crippen LogP contribution in [0.2, 0.25) is 0 Å². The van der Waals surface area contributed by atoms with Gasteiger partial charge in [0.2, 0.25) is 0 Å². The largest absolute Gasteiger partial charge is 0.478 e. The number of morpholine rings is 1. The summed E-state index contributed by atoms with van der Waals surface area (Å²) in [6.07, 6.45) is 0. The van der Waals surface area contributed by atoms with Crippen molar-refractivity contribution in [2.24, 2.45) is 0 Å². The Hall–Kier alpha value is -1.34. The van der Waals surface area contributed by atoms with E-state index in [0.29, 0.717) is 43.7 Å². The lowest BCUT2D eigenvalue weighted by Gasteiger charge is -2.28. The standard InChI is InChI=1S/C8H13N5O2.ClH/c1-14-8-6(10-12-11-8)7(9)13-2-4-15-5-3-13;/h9H,2-5H2,1H3,(H,10,11,12);1H. The van der Waals surface area contributed by atoms with Gasteiger partial charge in [-0.2, -0.15) is 5.21 Å². The molecule has 2 N–H and O–H groups in total. The number of amidine groups is 1. The third-order valence-corrected chi connectivity index (χ3v) is 2.26. The maximum atomic E-state index is 7.95. The summed E-state index contributed by atoms with van der Waals surface area (Å²) in [4.78, 5) is 1.89. The Bertz CT molecular complexity index is 350. The molecule has 1 aromatic rings. The SMILES string of the molecule is COc1n[nH]nc1C(=N)N1CCOCC1.Cl. The molecular formula is C8H14ClN5O2. The van der Waals surface area contributed by atoms with E-state index in [1.807, 2.05) is 4.90 Å². The molecule has 2 heterocycles. The molecule has 0 unspecified atom stereocenters. The molecule has 1 aliphatic heterocycles. The molecule has 0 saturated carbocycles. The van der Waals surface area contributed by atoms with Gasteiger partial charge in [0, 0.05) is 13.1 Å². The predicted octanol–water partition coefficient (Wildman–Crippen LogP) is -0.107. The molecule has 0 spiro atoms. The second-order valence-electron chi connectivity index (χ2n) is 3.13. The lowest BCUT2D eigenvalue weighted by Crippen LogP contribution is -2.41. The highest BCUT2D eigenvalue weighted by atomic mass is 35.5. The lowest BCUT2D eigenvalue weighted by atomic mass is 10.3. The summed E-state index contributed by atoms with van der Waals surface area (Å²) >= 11 is 0. The van der Waals surface area contributed by atoms with E-state index in [-0.39, 0.29) is 12.4 Å². The van der Waals surface area contributed by atoms with E-state index in [0.717, 1.165) is 0 Å². The van der Waals surface area contributed by atoms with Crippen LogP contribution in [0, 0.1) is 5.41 Å². The normalized spacial score (nSPS) is 15.4. The molecule has 1 aliphatic rings. The zero-order valence-corrected chi connectivity index (χ0v) is 9.71. The van der Waals surface area contributed by atoms with Crippen LogP contribution in [0.15, 0.2) is 0 Å². The first-order chi connectivity index (χ1) is 7.33. The van der Waals surface area contributed by atoms with Crippen molar-refractivity contribution in [1.82, 2.24) is 20.3 Å². The van der Waals surface area contributed by atoms with Crippen LogP contribution < -0.4 is 4.74 Å². The van der Waals surface area contributed by atoms with E-state index in [1.54, 1.807) is 0 Å².